The molecule has 0 unspecified atom stereocenters. The fourth-order valence-electron chi connectivity index (χ4n) is 11.0. The van der Waals surface area contributed by atoms with Crippen LogP contribution in [0.15, 0.2) is 48.5 Å². The van der Waals surface area contributed by atoms with Crippen molar-refractivity contribution in [2.24, 2.45) is 0 Å². The van der Waals surface area contributed by atoms with Crippen LogP contribution in [0.4, 0.5) is 39.8 Å². The van der Waals surface area contributed by atoms with Gasteiger partial charge in [0.05, 0.1) is 63.7 Å². The molecule has 8 atom stereocenters. The van der Waals surface area contributed by atoms with Gasteiger partial charge in [0.1, 0.15) is 35.5 Å². The van der Waals surface area contributed by atoms with Gasteiger partial charge in [-0.2, -0.15) is 0 Å². The zero-order valence-electron chi connectivity index (χ0n) is 43.3. The predicted molar refractivity (Wildman–Crippen MR) is 274 cm³/mol. The van der Waals surface area contributed by atoms with Crippen molar-refractivity contribution in [3.63, 3.8) is 0 Å². The van der Waals surface area contributed by atoms with Crippen LogP contribution in [-0.2, 0) is 33.3 Å². The number of hydrogen-bond acceptors (Lipinski definition) is 12. The highest BCUT2D eigenvalue weighted by Crippen LogP contribution is 2.49. The predicted octanol–water partition coefficient (Wildman–Crippen LogP) is 7.70. The first-order chi connectivity index (χ1) is 35.4. The molecule has 74 heavy (non-hydrogen) atoms. The molecule has 18 nitrogen and oxygen atoms in total. The summed E-state index contributed by atoms with van der Waals surface area (Å²) < 4.78 is 70.1. The lowest BCUT2D eigenvalue weighted by Crippen LogP contribution is -2.56. The molecule has 1 aromatic heterocycles. The zero-order valence-corrected chi connectivity index (χ0v) is 44.3. The van der Waals surface area contributed by atoms with Crippen LogP contribution in [0, 0.1) is 17.5 Å². The van der Waals surface area contributed by atoms with E-state index in [4.69, 9.17) is 23.9 Å². The van der Waals surface area contributed by atoms with Crippen LogP contribution in [-0.4, -0.2) is 143 Å². The summed E-state index contributed by atoms with van der Waals surface area (Å²) in [6, 6.07) is 9.84. The summed E-state index contributed by atoms with van der Waals surface area (Å²) in [4.78, 5) is 81.0. The Labute approximate surface area is 430 Å². The zero-order chi connectivity index (χ0) is 53.2. The number of aromatic amines is 1. The summed E-state index contributed by atoms with van der Waals surface area (Å²) in [5, 5.41) is 7.88. The van der Waals surface area contributed by atoms with Crippen LogP contribution in [0.3, 0.4) is 0 Å². The Hall–Kier alpha value is -6.39. The summed E-state index contributed by atoms with van der Waals surface area (Å²) in [7, 11) is 3.78. The number of methoxy groups -OCH3 is 4. The minimum absolute atomic E-state index is 0.0715. The standard InChI is InChI=1S/C52H68F3N9O9Si/c1-29(70-3)44(59-51(68)72-5)49(66)62-19-9-11-42(62)47-57-38-16-13-31(25-39(38)58-47)40-17-18-41(64(40)33-27-36(54)46(37(55)28-33)61-21-23-74(7,8)24-22-61)34-15-14-32(26-35(34)53)56-48(65)43-12-10-20-63(43)50(67)45(30(2)71-4)60-52(69)73-6/h13-16,25-30,40-45H,9-12,17-24H2,1-8H3,(H,56,65)(H,57,58)(H,59,68)(H,60,69)/t29-,30-,40-,41-,42+,43+,44+,45+/m1/s1. The van der Waals surface area contributed by atoms with Crippen LogP contribution in [0.1, 0.15) is 87.4 Å². The van der Waals surface area contributed by atoms with E-state index in [1.165, 1.54) is 51.5 Å². The maximum Gasteiger partial charge on any atom is 0.407 e. The maximum absolute atomic E-state index is 16.8. The van der Waals surface area contributed by atoms with Crippen LogP contribution in [0.2, 0.25) is 25.2 Å². The number of hydrogen-bond donors (Lipinski definition) is 4. The van der Waals surface area contributed by atoms with E-state index in [1.54, 1.807) is 35.8 Å². The molecule has 400 valence electrons. The topological polar surface area (TPSA) is 200 Å². The van der Waals surface area contributed by atoms with Crippen LogP contribution in [0.5, 0.6) is 0 Å². The highest BCUT2D eigenvalue weighted by atomic mass is 28.3. The Balaban J connectivity index is 1.08. The Morgan fingerprint density at radius 1 is 0.703 bits per heavy atom. The number of H-pyrrole nitrogens is 1. The lowest BCUT2D eigenvalue weighted by atomic mass is 10.0. The van der Waals surface area contributed by atoms with Crippen molar-refractivity contribution >= 4 is 66.1 Å². The Kier molecular flexibility index (Phi) is 16.5. The summed E-state index contributed by atoms with van der Waals surface area (Å²) >= 11 is 0. The highest BCUT2D eigenvalue weighted by molar-refractivity contribution is 6.77. The number of nitrogens with one attached hydrogen (secondary N) is 4. The molecule has 3 aromatic carbocycles. The number of carbonyl (C=O) groups excluding carboxylic acids is 5. The quantitative estimate of drug-likeness (QED) is 0.0848. The Morgan fingerprint density at radius 2 is 1.30 bits per heavy atom. The highest BCUT2D eigenvalue weighted by Gasteiger charge is 2.43. The summed E-state index contributed by atoms with van der Waals surface area (Å²) in [5.41, 5.74) is 2.63. The molecule has 4 aromatic rings. The monoisotopic (exact) mass is 1050 g/mol. The molecule has 0 aliphatic carbocycles. The first-order valence-corrected chi connectivity index (χ1v) is 28.8. The van der Waals surface area contributed by atoms with Gasteiger partial charge in [-0.1, -0.05) is 25.2 Å². The van der Waals surface area contributed by atoms with E-state index in [0.29, 0.717) is 75.0 Å². The Morgan fingerprint density at radius 3 is 1.91 bits per heavy atom. The second-order valence-electron chi connectivity index (χ2n) is 20.5. The third-order valence-electron chi connectivity index (χ3n) is 15.5. The molecular formula is C52H68F3N9O9Si. The van der Waals surface area contributed by atoms with E-state index in [-0.39, 0.29) is 35.1 Å². The van der Waals surface area contributed by atoms with E-state index >= 15 is 13.2 Å². The van der Waals surface area contributed by atoms with Gasteiger partial charge in [-0.05, 0) is 106 Å². The minimum atomic E-state index is -1.46. The normalized spacial score (nSPS) is 22.3. The molecule has 8 rings (SSSR count). The molecule has 22 heteroatoms. The molecule has 4 aliphatic heterocycles. The number of benzene rings is 3. The van der Waals surface area contributed by atoms with Crippen molar-refractivity contribution < 1.29 is 56.1 Å². The first kappa shape index (κ1) is 53.9. The molecule has 0 radical (unpaired) electrons. The maximum atomic E-state index is 16.8. The van der Waals surface area contributed by atoms with Crippen LogP contribution >= 0.6 is 0 Å². The van der Waals surface area contributed by atoms with Crippen molar-refractivity contribution in [2.45, 2.75) is 126 Å². The smallest absolute Gasteiger partial charge is 0.407 e. The van der Waals surface area contributed by atoms with Gasteiger partial charge >= 0.3 is 12.2 Å². The van der Waals surface area contributed by atoms with Crippen molar-refractivity contribution in [3.8, 4) is 0 Å². The number of imidazole rings is 1. The molecule has 5 heterocycles. The number of amides is 5. The molecule has 4 saturated heterocycles. The third kappa shape index (κ3) is 11.2. The fraction of sp³-hybridized carbons (Fsp3) is 0.538. The van der Waals surface area contributed by atoms with Gasteiger partial charge in [-0.3, -0.25) is 14.4 Å². The average molecular weight is 1050 g/mol. The van der Waals surface area contributed by atoms with E-state index in [2.05, 4.69) is 34.0 Å². The lowest BCUT2D eigenvalue weighted by molar-refractivity contribution is -0.141. The number of carbonyl (C=O) groups is 5. The number of alkyl carbamates (subject to hydrolysis) is 2. The second-order valence-corrected chi connectivity index (χ2v) is 25.9. The summed E-state index contributed by atoms with van der Waals surface area (Å²) in [6.45, 7) is 9.66. The number of anilines is 3. The number of likely N-dealkylation sites (tertiary alicyclic amines) is 2. The van der Waals surface area contributed by atoms with Crippen molar-refractivity contribution in [1.29, 1.82) is 0 Å². The number of ether oxygens (including phenoxy) is 4. The van der Waals surface area contributed by atoms with Crippen molar-refractivity contribution in [1.82, 2.24) is 30.4 Å². The molecule has 4 N–H and O–H groups in total. The minimum Gasteiger partial charge on any atom is -0.453 e. The summed E-state index contributed by atoms with van der Waals surface area (Å²) in [5.74, 6) is -2.92. The van der Waals surface area contributed by atoms with Crippen molar-refractivity contribution in [3.05, 3.63) is 82.9 Å². The van der Waals surface area contributed by atoms with Crippen LogP contribution in [0.25, 0.3) is 11.0 Å². The molecule has 4 fully saturated rings. The number of aromatic nitrogens is 2. The van der Waals surface area contributed by atoms with Gasteiger partial charge in [0.2, 0.25) is 17.7 Å². The number of nitrogens with zero attached hydrogens (tertiary/aromatic N) is 5. The average Bonchev–Trinajstić information content (AvgIpc) is 4.23. The van der Waals surface area contributed by atoms with Gasteiger partial charge in [-0.15, -0.1) is 0 Å². The number of fused-ring (bicyclic) bond motifs is 1. The van der Waals surface area contributed by atoms with Crippen molar-refractivity contribution in [2.75, 3.05) is 69.7 Å². The third-order valence-corrected chi connectivity index (χ3v) is 18.6. The van der Waals surface area contributed by atoms with E-state index < -0.39 is 98.0 Å². The molecule has 4 aliphatic rings. The van der Waals surface area contributed by atoms with Gasteiger partial charge < -0.3 is 59.5 Å². The van der Waals surface area contributed by atoms with Gasteiger partial charge in [0.15, 0.2) is 11.6 Å². The number of rotatable bonds is 15. The second kappa shape index (κ2) is 22.6. The van der Waals surface area contributed by atoms with E-state index in [1.807, 2.05) is 23.1 Å². The fourth-order valence-corrected chi connectivity index (χ4v) is 13.0. The molecular weight excluding hydrogens is 980 g/mol. The molecule has 0 spiro atoms. The van der Waals surface area contributed by atoms with E-state index in [0.717, 1.165) is 17.7 Å². The van der Waals surface area contributed by atoms with Gasteiger partial charge in [0, 0.05) is 57.3 Å². The van der Waals surface area contributed by atoms with Gasteiger partial charge in [-0.25, -0.2) is 27.7 Å². The SMILES string of the molecule is COC(=O)N[C@H](C(=O)N1CCC[C@H]1C(=O)Nc1ccc([C@H]2CC[C@H](c3ccc4nc([C@@H]5CCCN5C(=O)[C@@H](NC(=O)OC)[C@@H](C)OC)[nH]c4c3)N2c2cc(F)c(N3CC[Si](C)(C)CC3)c(F)c2)c(F)c1)[C@@H](C)OC. The largest absolute Gasteiger partial charge is 0.453 e. The molecule has 5 amide bonds. The lowest BCUT2D eigenvalue weighted by Gasteiger charge is -2.38. The van der Waals surface area contributed by atoms with Crippen LogP contribution < -0.4 is 25.8 Å². The summed E-state index contributed by atoms with van der Waals surface area (Å²) in [6.07, 6.45) is 0.0500. The first-order valence-electron chi connectivity index (χ1n) is 25.3. The number of halogens is 3. The van der Waals surface area contributed by atoms with Gasteiger partial charge in [0.25, 0.3) is 0 Å². The van der Waals surface area contributed by atoms with E-state index in [9.17, 15) is 24.0 Å². The molecule has 0 saturated carbocycles. The molecule has 0 bridgehead atoms. The Bertz CT molecular complexity index is 2720.